The molecule has 4 rings (SSSR count). The van der Waals surface area contributed by atoms with E-state index in [-0.39, 0.29) is 18.2 Å². The van der Waals surface area contributed by atoms with Crippen molar-refractivity contribution in [3.05, 3.63) is 72.1 Å². The predicted molar refractivity (Wildman–Crippen MR) is 110 cm³/mol. The molecule has 0 saturated carbocycles. The largest absolute Gasteiger partial charge is 0.497 e. The Balaban J connectivity index is 1.68. The molecule has 8 nitrogen and oxygen atoms in total. The molecule has 0 aliphatic rings. The molecule has 0 amide bonds. The SMILES string of the molecule is CCOC(=O)c1nnn(Cc2ccc(OC)cc2)c1Oc1cnc2ccccc2c1. The second kappa shape index (κ2) is 8.60. The predicted octanol–water partition coefficient (Wildman–Crippen LogP) is 3.85. The Morgan fingerprint density at radius 3 is 2.63 bits per heavy atom. The lowest BCUT2D eigenvalue weighted by atomic mass is 10.2. The third-order valence-electron chi connectivity index (χ3n) is 4.43. The molecule has 0 atom stereocenters. The Hall–Kier alpha value is -3.94. The summed E-state index contributed by atoms with van der Waals surface area (Å²) in [4.78, 5) is 16.8. The van der Waals surface area contributed by atoms with Gasteiger partial charge in [0.1, 0.15) is 11.5 Å². The van der Waals surface area contributed by atoms with E-state index >= 15 is 0 Å². The fourth-order valence-corrected chi connectivity index (χ4v) is 2.96. The highest BCUT2D eigenvalue weighted by Crippen LogP contribution is 2.27. The summed E-state index contributed by atoms with van der Waals surface area (Å²) in [6.45, 7) is 2.31. The average Bonchev–Trinajstić information content (AvgIpc) is 3.16. The van der Waals surface area contributed by atoms with Crippen LogP contribution in [-0.4, -0.2) is 39.7 Å². The van der Waals surface area contributed by atoms with E-state index in [0.717, 1.165) is 22.2 Å². The van der Waals surface area contributed by atoms with E-state index in [1.54, 1.807) is 20.2 Å². The van der Waals surface area contributed by atoms with Gasteiger partial charge in [-0.2, -0.15) is 0 Å². The van der Waals surface area contributed by atoms with Crippen molar-refractivity contribution >= 4 is 16.9 Å². The molecule has 2 heterocycles. The van der Waals surface area contributed by atoms with Crippen LogP contribution >= 0.6 is 0 Å². The van der Waals surface area contributed by atoms with Gasteiger partial charge in [0.25, 0.3) is 5.88 Å². The van der Waals surface area contributed by atoms with Crippen molar-refractivity contribution in [1.82, 2.24) is 20.0 Å². The molecule has 4 aromatic rings. The topological polar surface area (TPSA) is 88.4 Å². The molecule has 0 unspecified atom stereocenters. The second-order valence-corrected chi connectivity index (χ2v) is 6.44. The number of nitrogens with zero attached hydrogens (tertiary/aromatic N) is 4. The molecule has 152 valence electrons. The van der Waals surface area contributed by atoms with Crippen molar-refractivity contribution in [3.63, 3.8) is 0 Å². The van der Waals surface area contributed by atoms with Crippen LogP contribution in [0.4, 0.5) is 0 Å². The van der Waals surface area contributed by atoms with Gasteiger partial charge >= 0.3 is 5.97 Å². The first-order valence-corrected chi connectivity index (χ1v) is 9.44. The van der Waals surface area contributed by atoms with Crippen LogP contribution in [0.1, 0.15) is 23.0 Å². The number of rotatable bonds is 7. The van der Waals surface area contributed by atoms with E-state index < -0.39 is 5.97 Å². The molecule has 0 bridgehead atoms. The van der Waals surface area contributed by atoms with E-state index in [2.05, 4.69) is 15.3 Å². The third-order valence-corrected chi connectivity index (χ3v) is 4.43. The van der Waals surface area contributed by atoms with Crippen molar-refractivity contribution in [3.8, 4) is 17.4 Å². The van der Waals surface area contributed by atoms with E-state index in [1.165, 1.54) is 4.68 Å². The third kappa shape index (κ3) is 4.07. The number of esters is 1. The Labute approximate surface area is 173 Å². The number of methoxy groups -OCH3 is 1. The normalized spacial score (nSPS) is 10.7. The van der Waals surface area contributed by atoms with E-state index in [9.17, 15) is 4.79 Å². The minimum Gasteiger partial charge on any atom is -0.497 e. The second-order valence-electron chi connectivity index (χ2n) is 6.44. The number of ether oxygens (including phenoxy) is 3. The van der Waals surface area contributed by atoms with Gasteiger partial charge in [-0.25, -0.2) is 9.48 Å². The summed E-state index contributed by atoms with van der Waals surface area (Å²) in [5.41, 5.74) is 1.80. The molecule has 0 aliphatic heterocycles. The highest BCUT2D eigenvalue weighted by atomic mass is 16.5. The molecule has 8 heteroatoms. The van der Waals surface area contributed by atoms with Crippen molar-refractivity contribution < 1.29 is 19.0 Å². The zero-order chi connectivity index (χ0) is 20.9. The number of carbonyl (C=O) groups is 1. The molecular formula is C22H20N4O4. The highest BCUT2D eigenvalue weighted by molar-refractivity contribution is 5.89. The fraction of sp³-hybridized carbons (Fsp3) is 0.182. The monoisotopic (exact) mass is 404 g/mol. The van der Waals surface area contributed by atoms with Crippen LogP contribution in [0, 0.1) is 0 Å². The first-order chi connectivity index (χ1) is 14.7. The number of hydrogen-bond acceptors (Lipinski definition) is 7. The smallest absolute Gasteiger partial charge is 0.364 e. The standard InChI is InChI=1S/C22H20N4O4/c1-3-29-22(27)20-21(30-18-12-16-6-4-5-7-19(16)23-13-18)26(25-24-20)14-15-8-10-17(28-2)11-9-15/h4-13H,3,14H2,1-2H3. The molecule has 30 heavy (non-hydrogen) atoms. The molecule has 0 spiro atoms. The maximum absolute atomic E-state index is 12.4. The molecule has 0 radical (unpaired) electrons. The van der Waals surface area contributed by atoms with E-state index in [1.807, 2.05) is 54.6 Å². The average molecular weight is 404 g/mol. The van der Waals surface area contributed by atoms with Crippen LogP contribution in [-0.2, 0) is 11.3 Å². The molecule has 0 aliphatic carbocycles. The van der Waals surface area contributed by atoms with Gasteiger partial charge in [-0.1, -0.05) is 35.5 Å². The number of carbonyl (C=O) groups excluding carboxylic acids is 1. The maximum atomic E-state index is 12.4. The maximum Gasteiger partial charge on any atom is 0.364 e. The van der Waals surface area contributed by atoms with Gasteiger partial charge in [0.2, 0.25) is 5.69 Å². The van der Waals surface area contributed by atoms with Crippen LogP contribution in [0.3, 0.4) is 0 Å². The minimum atomic E-state index is -0.595. The lowest BCUT2D eigenvalue weighted by molar-refractivity contribution is 0.0516. The van der Waals surface area contributed by atoms with Crippen LogP contribution < -0.4 is 9.47 Å². The molecule has 0 fully saturated rings. The summed E-state index contributed by atoms with van der Waals surface area (Å²) in [5.74, 6) is 0.823. The minimum absolute atomic E-state index is 0.0125. The lowest BCUT2D eigenvalue weighted by Gasteiger charge is -2.10. The van der Waals surface area contributed by atoms with Gasteiger partial charge in [-0.05, 0) is 36.8 Å². The van der Waals surface area contributed by atoms with Crippen LogP contribution in [0.15, 0.2) is 60.8 Å². The molecular weight excluding hydrogens is 384 g/mol. The number of para-hydroxylation sites is 1. The van der Waals surface area contributed by atoms with Crippen LogP contribution in [0.2, 0.25) is 0 Å². The van der Waals surface area contributed by atoms with Gasteiger partial charge in [0.05, 0.1) is 32.0 Å². The Morgan fingerprint density at radius 1 is 1.07 bits per heavy atom. The van der Waals surface area contributed by atoms with Crippen molar-refractivity contribution in [2.24, 2.45) is 0 Å². The van der Waals surface area contributed by atoms with Crippen LogP contribution in [0.25, 0.3) is 10.9 Å². The van der Waals surface area contributed by atoms with Crippen molar-refractivity contribution in [2.75, 3.05) is 13.7 Å². The quantitative estimate of drug-likeness (QED) is 0.432. The summed E-state index contributed by atoms with van der Waals surface area (Å²) in [6, 6.07) is 17.1. The van der Waals surface area contributed by atoms with Gasteiger partial charge in [-0.3, -0.25) is 4.98 Å². The molecule has 0 N–H and O–H groups in total. The number of pyridine rings is 1. The summed E-state index contributed by atoms with van der Waals surface area (Å²) in [5, 5.41) is 9.01. The number of benzene rings is 2. The number of hydrogen-bond donors (Lipinski definition) is 0. The molecule has 2 aromatic carbocycles. The fourth-order valence-electron chi connectivity index (χ4n) is 2.96. The Morgan fingerprint density at radius 2 is 1.87 bits per heavy atom. The summed E-state index contributed by atoms with van der Waals surface area (Å²) < 4.78 is 17.8. The number of fused-ring (bicyclic) bond motifs is 1. The summed E-state index contributed by atoms with van der Waals surface area (Å²) in [7, 11) is 1.61. The Kier molecular flexibility index (Phi) is 5.56. The number of aromatic nitrogens is 4. The highest BCUT2D eigenvalue weighted by Gasteiger charge is 2.23. The van der Waals surface area contributed by atoms with Gasteiger partial charge < -0.3 is 14.2 Å². The van der Waals surface area contributed by atoms with Crippen molar-refractivity contribution in [2.45, 2.75) is 13.5 Å². The van der Waals surface area contributed by atoms with Gasteiger partial charge in [0.15, 0.2) is 0 Å². The van der Waals surface area contributed by atoms with Crippen LogP contribution in [0.5, 0.6) is 17.4 Å². The van der Waals surface area contributed by atoms with Gasteiger partial charge in [-0.15, -0.1) is 5.10 Å². The van der Waals surface area contributed by atoms with E-state index in [0.29, 0.717) is 12.3 Å². The zero-order valence-corrected chi connectivity index (χ0v) is 16.6. The first-order valence-electron chi connectivity index (χ1n) is 9.44. The lowest BCUT2D eigenvalue weighted by Crippen LogP contribution is -2.09. The summed E-state index contributed by atoms with van der Waals surface area (Å²) >= 11 is 0. The molecule has 2 aromatic heterocycles. The van der Waals surface area contributed by atoms with Crippen molar-refractivity contribution in [1.29, 1.82) is 0 Å². The summed E-state index contributed by atoms with van der Waals surface area (Å²) in [6.07, 6.45) is 1.60. The molecule has 0 saturated heterocycles. The van der Waals surface area contributed by atoms with Gasteiger partial charge in [0, 0.05) is 5.39 Å². The Bertz CT molecular complexity index is 1170. The first kappa shape index (κ1) is 19.4. The zero-order valence-electron chi connectivity index (χ0n) is 16.6. The van der Waals surface area contributed by atoms with E-state index in [4.69, 9.17) is 14.2 Å².